The van der Waals surface area contributed by atoms with Gasteiger partial charge in [-0.1, -0.05) is 31.2 Å². The Hall–Kier alpha value is -1.14. The zero-order chi connectivity index (χ0) is 14.5. The van der Waals surface area contributed by atoms with Gasteiger partial charge in [0.15, 0.2) is 0 Å². The van der Waals surface area contributed by atoms with Crippen LogP contribution >= 0.6 is 22.6 Å². The predicted octanol–water partition coefficient (Wildman–Crippen LogP) is 4.14. The molecule has 2 rings (SSSR count). The Labute approximate surface area is 132 Å². The Kier molecular flexibility index (Phi) is 5.37. The number of methoxy groups -OCH3 is 1. The van der Waals surface area contributed by atoms with Gasteiger partial charge in [-0.05, 0) is 46.8 Å². The molecule has 0 bridgehead atoms. The maximum atomic E-state index is 14.3. The SMILES string of the molecule is CCNC(c1ccc(OC)cc1F)c1ccccc1I. The smallest absolute Gasteiger partial charge is 0.132 e. The van der Waals surface area contributed by atoms with E-state index in [9.17, 15) is 4.39 Å². The number of benzene rings is 2. The molecule has 0 amide bonds. The van der Waals surface area contributed by atoms with E-state index in [-0.39, 0.29) is 11.9 Å². The van der Waals surface area contributed by atoms with E-state index in [0.717, 1.165) is 15.7 Å². The highest BCUT2D eigenvalue weighted by Gasteiger charge is 2.19. The van der Waals surface area contributed by atoms with E-state index in [2.05, 4.69) is 27.9 Å². The molecule has 0 aliphatic rings. The van der Waals surface area contributed by atoms with Crippen LogP contribution < -0.4 is 10.1 Å². The number of hydrogen-bond donors (Lipinski definition) is 1. The van der Waals surface area contributed by atoms with Crippen LogP contribution in [0.3, 0.4) is 0 Å². The first kappa shape index (κ1) is 15.3. The van der Waals surface area contributed by atoms with Crippen LogP contribution in [0, 0.1) is 9.39 Å². The lowest BCUT2D eigenvalue weighted by Gasteiger charge is -2.21. The topological polar surface area (TPSA) is 21.3 Å². The molecule has 2 nitrogen and oxygen atoms in total. The van der Waals surface area contributed by atoms with Crippen molar-refractivity contribution < 1.29 is 9.13 Å². The van der Waals surface area contributed by atoms with E-state index >= 15 is 0 Å². The van der Waals surface area contributed by atoms with Gasteiger partial charge in [0, 0.05) is 15.2 Å². The minimum atomic E-state index is -0.255. The summed E-state index contributed by atoms with van der Waals surface area (Å²) < 4.78 is 20.5. The van der Waals surface area contributed by atoms with Crippen LogP contribution in [0.4, 0.5) is 4.39 Å². The summed E-state index contributed by atoms with van der Waals surface area (Å²) in [5, 5.41) is 3.35. The van der Waals surface area contributed by atoms with Crippen LogP contribution in [0.1, 0.15) is 24.1 Å². The quantitative estimate of drug-likeness (QED) is 0.782. The molecule has 2 aromatic carbocycles. The zero-order valence-electron chi connectivity index (χ0n) is 11.5. The molecule has 106 valence electrons. The lowest BCUT2D eigenvalue weighted by molar-refractivity contribution is 0.410. The van der Waals surface area contributed by atoms with Crippen molar-refractivity contribution >= 4 is 22.6 Å². The Morgan fingerprint density at radius 3 is 2.55 bits per heavy atom. The van der Waals surface area contributed by atoms with E-state index < -0.39 is 0 Å². The Morgan fingerprint density at radius 1 is 1.20 bits per heavy atom. The molecule has 0 aromatic heterocycles. The van der Waals surface area contributed by atoms with E-state index in [1.807, 2.05) is 31.2 Å². The summed E-state index contributed by atoms with van der Waals surface area (Å²) in [6.07, 6.45) is 0. The second-order valence-electron chi connectivity index (χ2n) is 4.40. The van der Waals surface area contributed by atoms with Gasteiger partial charge in [0.1, 0.15) is 11.6 Å². The van der Waals surface area contributed by atoms with E-state index in [1.54, 1.807) is 12.1 Å². The molecule has 1 atom stereocenters. The highest BCUT2D eigenvalue weighted by Crippen LogP contribution is 2.29. The minimum absolute atomic E-state index is 0.154. The summed E-state index contributed by atoms with van der Waals surface area (Å²) in [5.74, 6) is 0.277. The van der Waals surface area contributed by atoms with Crippen molar-refractivity contribution in [3.63, 3.8) is 0 Å². The third-order valence-corrected chi connectivity index (χ3v) is 4.13. The Bertz CT molecular complexity index is 588. The van der Waals surface area contributed by atoms with Gasteiger partial charge in [-0.25, -0.2) is 4.39 Å². The average molecular weight is 385 g/mol. The van der Waals surface area contributed by atoms with Gasteiger partial charge >= 0.3 is 0 Å². The van der Waals surface area contributed by atoms with Gasteiger partial charge in [-0.2, -0.15) is 0 Å². The highest BCUT2D eigenvalue weighted by molar-refractivity contribution is 14.1. The van der Waals surface area contributed by atoms with Gasteiger partial charge in [0.05, 0.1) is 13.2 Å². The van der Waals surface area contributed by atoms with Crippen molar-refractivity contribution in [2.24, 2.45) is 0 Å². The van der Waals surface area contributed by atoms with Crippen LogP contribution in [-0.2, 0) is 0 Å². The lowest BCUT2D eigenvalue weighted by atomic mass is 9.98. The fraction of sp³-hybridized carbons (Fsp3) is 0.250. The number of hydrogen-bond acceptors (Lipinski definition) is 2. The molecule has 0 aliphatic heterocycles. The zero-order valence-corrected chi connectivity index (χ0v) is 13.6. The first-order chi connectivity index (χ1) is 9.67. The van der Waals surface area contributed by atoms with Crippen molar-refractivity contribution in [1.29, 1.82) is 0 Å². The molecule has 4 heteroatoms. The van der Waals surface area contributed by atoms with Crippen LogP contribution in [0.2, 0.25) is 0 Å². The summed E-state index contributed by atoms with van der Waals surface area (Å²) in [5.41, 5.74) is 1.72. The number of rotatable bonds is 5. The second-order valence-corrected chi connectivity index (χ2v) is 5.56. The molecule has 0 saturated heterocycles. The van der Waals surface area contributed by atoms with Crippen molar-refractivity contribution in [3.8, 4) is 5.75 Å². The lowest BCUT2D eigenvalue weighted by Crippen LogP contribution is -2.23. The van der Waals surface area contributed by atoms with Crippen molar-refractivity contribution in [2.45, 2.75) is 13.0 Å². The minimum Gasteiger partial charge on any atom is -0.497 e. The van der Waals surface area contributed by atoms with Crippen LogP contribution in [-0.4, -0.2) is 13.7 Å². The van der Waals surface area contributed by atoms with Crippen LogP contribution in [0.15, 0.2) is 42.5 Å². The Balaban J connectivity index is 2.46. The molecule has 1 N–H and O–H groups in total. The molecule has 0 aliphatic carbocycles. The molecule has 0 spiro atoms. The molecule has 0 fully saturated rings. The molecule has 0 heterocycles. The Morgan fingerprint density at radius 2 is 1.95 bits per heavy atom. The van der Waals surface area contributed by atoms with Crippen LogP contribution in [0.5, 0.6) is 5.75 Å². The number of ether oxygens (including phenoxy) is 1. The maximum Gasteiger partial charge on any atom is 0.132 e. The van der Waals surface area contributed by atoms with Crippen molar-refractivity contribution in [2.75, 3.05) is 13.7 Å². The van der Waals surface area contributed by atoms with Gasteiger partial charge in [0.2, 0.25) is 0 Å². The molecular weight excluding hydrogens is 368 g/mol. The monoisotopic (exact) mass is 385 g/mol. The second kappa shape index (κ2) is 7.04. The normalized spacial score (nSPS) is 12.2. The fourth-order valence-electron chi connectivity index (χ4n) is 2.17. The third-order valence-electron chi connectivity index (χ3n) is 3.14. The third kappa shape index (κ3) is 3.30. The van der Waals surface area contributed by atoms with Crippen molar-refractivity contribution in [3.05, 3.63) is 63.0 Å². The van der Waals surface area contributed by atoms with Crippen molar-refractivity contribution in [1.82, 2.24) is 5.32 Å². The summed E-state index contributed by atoms with van der Waals surface area (Å²) in [6, 6.07) is 12.9. The van der Waals surface area contributed by atoms with Gasteiger partial charge in [-0.15, -0.1) is 0 Å². The predicted molar refractivity (Wildman–Crippen MR) is 87.6 cm³/mol. The highest BCUT2D eigenvalue weighted by atomic mass is 127. The first-order valence-electron chi connectivity index (χ1n) is 6.48. The van der Waals surface area contributed by atoms with Crippen LogP contribution in [0.25, 0.3) is 0 Å². The molecule has 2 aromatic rings. The molecule has 0 radical (unpaired) electrons. The van der Waals surface area contributed by atoms with E-state index in [4.69, 9.17) is 4.74 Å². The molecule has 0 saturated carbocycles. The standard InChI is InChI=1S/C16H17FINO/c1-3-19-16(13-6-4-5-7-15(13)18)12-9-8-11(20-2)10-14(12)17/h4-10,16,19H,3H2,1-2H3. The summed E-state index contributed by atoms with van der Waals surface area (Å²) in [7, 11) is 1.54. The molecular formula is C16H17FINO. The summed E-state index contributed by atoms with van der Waals surface area (Å²) in [4.78, 5) is 0. The molecule has 20 heavy (non-hydrogen) atoms. The molecule has 1 unspecified atom stereocenters. The average Bonchev–Trinajstić information content (AvgIpc) is 2.46. The van der Waals surface area contributed by atoms with Gasteiger partial charge in [0.25, 0.3) is 0 Å². The summed E-state index contributed by atoms with van der Waals surface area (Å²) >= 11 is 2.28. The summed E-state index contributed by atoms with van der Waals surface area (Å²) in [6.45, 7) is 2.78. The number of halogens is 2. The van der Waals surface area contributed by atoms with E-state index in [0.29, 0.717) is 11.3 Å². The van der Waals surface area contributed by atoms with E-state index in [1.165, 1.54) is 13.2 Å². The maximum absolute atomic E-state index is 14.3. The van der Waals surface area contributed by atoms with Gasteiger partial charge < -0.3 is 10.1 Å². The largest absolute Gasteiger partial charge is 0.497 e. The fourth-order valence-corrected chi connectivity index (χ4v) is 2.87. The van der Waals surface area contributed by atoms with Gasteiger partial charge in [-0.3, -0.25) is 0 Å². The number of nitrogens with one attached hydrogen (secondary N) is 1. The first-order valence-corrected chi connectivity index (χ1v) is 7.56.